The van der Waals surface area contributed by atoms with Gasteiger partial charge in [-0.05, 0) is 92.5 Å². The number of hydrogen-bond donors (Lipinski definition) is 1. The highest BCUT2D eigenvalue weighted by molar-refractivity contribution is 9.10. The van der Waals surface area contributed by atoms with Crippen LogP contribution in [0.2, 0.25) is 10.0 Å². The van der Waals surface area contributed by atoms with Crippen molar-refractivity contribution in [3.63, 3.8) is 0 Å². The first kappa shape index (κ1) is 34.7. The minimum atomic E-state index is -4.27. The van der Waals surface area contributed by atoms with E-state index in [1.165, 1.54) is 30.2 Å². The number of ether oxygens (including phenoxy) is 1. The summed E-state index contributed by atoms with van der Waals surface area (Å²) in [7, 11) is -2.79. The molecule has 43 heavy (non-hydrogen) atoms. The molecule has 1 atom stereocenters. The fourth-order valence-corrected chi connectivity index (χ4v) is 7.05. The molecule has 1 N–H and O–H groups in total. The zero-order chi connectivity index (χ0) is 32.1. The highest BCUT2D eigenvalue weighted by Gasteiger charge is 2.35. The van der Waals surface area contributed by atoms with Gasteiger partial charge in [-0.25, -0.2) is 8.42 Å². The van der Waals surface area contributed by atoms with Crippen LogP contribution >= 0.6 is 39.1 Å². The second-order valence-corrected chi connectivity index (χ2v) is 14.6. The molecule has 0 aromatic heterocycles. The van der Waals surface area contributed by atoms with Crippen molar-refractivity contribution < 1.29 is 22.7 Å². The van der Waals surface area contributed by atoms with Gasteiger partial charge in [0.25, 0.3) is 10.0 Å². The van der Waals surface area contributed by atoms with E-state index in [1.54, 1.807) is 49.4 Å². The Morgan fingerprint density at radius 1 is 1.02 bits per heavy atom. The number of carbonyl (C=O) groups excluding carboxylic acids is 2. The summed E-state index contributed by atoms with van der Waals surface area (Å²) in [6, 6.07) is 15.2. The number of halogens is 3. The lowest BCUT2D eigenvalue weighted by Crippen LogP contribution is -2.55. The first-order valence-corrected chi connectivity index (χ1v) is 16.5. The average Bonchev–Trinajstić information content (AvgIpc) is 2.92. The Bertz CT molecular complexity index is 1560. The molecule has 0 aliphatic rings. The summed E-state index contributed by atoms with van der Waals surface area (Å²) in [5, 5.41) is 3.58. The van der Waals surface area contributed by atoms with Crippen molar-refractivity contribution in [1.82, 2.24) is 10.2 Å². The van der Waals surface area contributed by atoms with E-state index in [0.29, 0.717) is 25.8 Å². The summed E-state index contributed by atoms with van der Waals surface area (Å²) in [6.07, 6.45) is 0.262. The van der Waals surface area contributed by atoms with Gasteiger partial charge in [0.05, 0.1) is 22.2 Å². The van der Waals surface area contributed by atoms with Gasteiger partial charge >= 0.3 is 0 Å². The summed E-state index contributed by atoms with van der Waals surface area (Å²) >= 11 is 16.3. The first-order chi connectivity index (χ1) is 20.1. The third-order valence-corrected chi connectivity index (χ3v) is 9.68. The predicted molar refractivity (Wildman–Crippen MR) is 175 cm³/mol. The molecule has 0 fully saturated rings. The molecule has 3 rings (SSSR count). The summed E-state index contributed by atoms with van der Waals surface area (Å²) in [5.74, 6) is -0.533. The molecule has 2 amide bonds. The van der Waals surface area contributed by atoms with E-state index in [-0.39, 0.29) is 29.5 Å². The van der Waals surface area contributed by atoms with Crippen LogP contribution < -0.4 is 14.4 Å². The van der Waals surface area contributed by atoms with Crippen LogP contribution in [0.4, 0.5) is 5.69 Å². The first-order valence-electron chi connectivity index (χ1n) is 13.6. The summed E-state index contributed by atoms with van der Waals surface area (Å²) in [4.78, 5) is 29.0. The highest BCUT2D eigenvalue weighted by Crippen LogP contribution is 2.32. The Morgan fingerprint density at radius 3 is 2.14 bits per heavy atom. The van der Waals surface area contributed by atoms with E-state index in [9.17, 15) is 18.0 Å². The fraction of sp³-hybridized carbons (Fsp3) is 0.355. The summed E-state index contributed by atoms with van der Waals surface area (Å²) in [6.45, 7) is 8.49. The van der Waals surface area contributed by atoms with Crippen LogP contribution in [0.1, 0.15) is 45.2 Å². The number of amides is 2. The van der Waals surface area contributed by atoms with Crippen molar-refractivity contribution in [3.05, 3.63) is 86.3 Å². The lowest BCUT2D eigenvalue weighted by atomic mass is 10.1. The number of rotatable bonds is 11. The summed E-state index contributed by atoms with van der Waals surface area (Å²) < 4.78 is 35.0. The summed E-state index contributed by atoms with van der Waals surface area (Å²) in [5.41, 5.74) is 1.08. The molecule has 0 spiro atoms. The zero-order valence-electron chi connectivity index (χ0n) is 24.9. The van der Waals surface area contributed by atoms with Crippen molar-refractivity contribution in [3.8, 4) is 5.75 Å². The lowest BCUT2D eigenvalue weighted by molar-refractivity contribution is -0.141. The predicted octanol–water partition coefficient (Wildman–Crippen LogP) is 6.99. The molecule has 3 aromatic rings. The molecule has 0 bridgehead atoms. The molecular formula is C31H36BrCl2N3O5S. The van der Waals surface area contributed by atoms with Crippen LogP contribution in [0.3, 0.4) is 0 Å². The third-order valence-electron chi connectivity index (χ3n) is 6.59. The number of carbonyl (C=O) groups is 2. The second-order valence-electron chi connectivity index (χ2n) is 11.0. The molecule has 8 nitrogen and oxygen atoms in total. The number of hydrogen-bond acceptors (Lipinski definition) is 5. The molecule has 0 unspecified atom stereocenters. The van der Waals surface area contributed by atoms with Crippen LogP contribution in [0, 0.1) is 6.92 Å². The number of aryl methyl sites for hydroxylation is 1. The Hall–Kier alpha value is -2.79. The molecule has 0 aliphatic carbocycles. The maximum Gasteiger partial charge on any atom is 0.264 e. The number of benzene rings is 3. The van der Waals surface area contributed by atoms with Crippen molar-refractivity contribution in [1.29, 1.82) is 0 Å². The monoisotopic (exact) mass is 711 g/mol. The van der Waals surface area contributed by atoms with Crippen molar-refractivity contribution in [2.24, 2.45) is 0 Å². The van der Waals surface area contributed by atoms with Crippen molar-refractivity contribution in [2.75, 3.05) is 18.0 Å². The minimum absolute atomic E-state index is 0.0493. The van der Waals surface area contributed by atoms with E-state index < -0.39 is 34.1 Å². The maximum absolute atomic E-state index is 14.3. The largest absolute Gasteiger partial charge is 0.496 e. The van der Waals surface area contributed by atoms with Gasteiger partial charge in [-0.1, -0.05) is 53.9 Å². The number of nitrogens with zero attached hydrogens (tertiary/aromatic N) is 2. The molecule has 232 valence electrons. The lowest BCUT2D eigenvalue weighted by Gasteiger charge is -2.35. The molecule has 3 aromatic carbocycles. The van der Waals surface area contributed by atoms with Crippen LogP contribution in [0.5, 0.6) is 5.75 Å². The molecule has 0 saturated carbocycles. The minimum Gasteiger partial charge on any atom is -0.496 e. The molecule has 0 radical (unpaired) electrons. The van der Waals surface area contributed by atoms with Gasteiger partial charge in [0.15, 0.2) is 0 Å². The average molecular weight is 714 g/mol. The highest BCUT2D eigenvalue weighted by atomic mass is 79.9. The third kappa shape index (κ3) is 8.65. The maximum atomic E-state index is 14.3. The normalized spacial score (nSPS) is 12.4. The zero-order valence-corrected chi connectivity index (χ0v) is 28.9. The van der Waals surface area contributed by atoms with E-state index in [2.05, 4.69) is 21.2 Å². The van der Waals surface area contributed by atoms with Gasteiger partial charge in [-0.2, -0.15) is 0 Å². The van der Waals surface area contributed by atoms with Gasteiger partial charge < -0.3 is 15.0 Å². The molecule has 0 saturated heterocycles. The van der Waals surface area contributed by atoms with Gasteiger partial charge in [0, 0.05) is 27.7 Å². The molecular weight excluding hydrogens is 677 g/mol. The second kappa shape index (κ2) is 14.3. The van der Waals surface area contributed by atoms with Crippen LogP contribution in [-0.2, 0) is 26.2 Å². The van der Waals surface area contributed by atoms with Gasteiger partial charge in [-0.3, -0.25) is 13.9 Å². The smallest absolute Gasteiger partial charge is 0.264 e. The van der Waals surface area contributed by atoms with Crippen molar-refractivity contribution in [2.45, 2.75) is 64.1 Å². The van der Waals surface area contributed by atoms with Crippen LogP contribution in [0.25, 0.3) is 0 Å². The Labute approximate surface area is 272 Å². The van der Waals surface area contributed by atoms with Gasteiger partial charge in [-0.15, -0.1) is 0 Å². The molecule has 0 aliphatic heterocycles. The van der Waals surface area contributed by atoms with Crippen LogP contribution in [-0.4, -0.2) is 50.4 Å². The fourth-order valence-electron chi connectivity index (χ4n) is 4.40. The van der Waals surface area contributed by atoms with E-state index >= 15 is 0 Å². The van der Waals surface area contributed by atoms with Crippen LogP contribution in [0.15, 0.2) is 70.0 Å². The number of nitrogens with one attached hydrogen (secondary N) is 1. The number of anilines is 1. The SMILES string of the molecule is CC[C@H](C(=O)NC(C)(C)C)N(Cc1c(Cl)cccc1Cl)C(=O)CN(c1ccc(C)cc1)S(=O)(=O)c1ccc(OC)c(Br)c1. The standard InChI is InChI=1S/C31H36BrCl2N3O5S/c1-7-27(30(39)35-31(3,4)5)36(18-23-25(33)9-8-10-26(23)34)29(38)19-37(21-13-11-20(2)12-14-21)43(40,41)22-15-16-28(42-6)24(32)17-22/h8-17,27H,7,18-19H2,1-6H3,(H,35,39)/t27-/m1/s1. The van der Waals surface area contributed by atoms with Gasteiger partial charge in [0.2, 0.25) is 11.8 Å². The van der Waals surface area contributed by atoms with E-state index in [4.69, 9.17) is 27.9 Å². The Morgan fingerprint density at radius 2 is 1.63 bits per heavy atom. The quantitative estimate of drug-likeness (QED) is 0.231. The van der Waals surface area contributed by atoms with E-state index in [1.807, 2.05) is 27.7 Å². The Balaban J connectivity index is 2.13. The number of sulfonamides is 1. The molecule has 12 heteroatoms. The van der Waals surface area contributed by atoms with E-state index in [0.717, 1.165) is 9.87 Å². The van der Waals surface area contributed by atoms with Crippen molar-refractivity contribution >= 4 is 66.7 Å². The topological polar surface area (TPSA) is 96.0 Å². The Kier molecular flexibility index (Phi) is 11.6. The molecule has 0 heterocycles. The number of methoxy groups -OCH3 is 1. The van der Waals surface area contributed by atoms with Gasteiger partial charge in [0.1, 0.15) is 18.3 Å².